The van der Waals surface area contributed by atoms with E-state index in [1.54, 1.807) is 60.7 Å². The molecule has 0 atom stereocenters. The summed E-state index contributed by atoms with van der Waals surface area (Å²) < 4.78 is 68.6. The van der Waals surface area contributed by atoms with Gasteiger partial charge in [-0.25, -0.2) is 4.79 Å². The molecule has 0 unspecified atom stereocenters. The number of nitrogens with one attached hydrogen (secondary N) is 2. The number of azo groups is 2. The topological polar surface area (TPSA) is 240 Å². The second kappa shape index (κ2) is 13.3. The Bertz CT molecular complexity index is 2400. The van der Waals surface area contributed by atoms with Crippen LogP contribution in [0.25, 0.3) is 21.5 Å². The number of rotatable bonds is 8. The van der Waals surface area contributed by atoms with E-state index in [-0.39, 0.29) is 32.9 Å². The van der Waals surface area contributed by atoms with Crippen LogP contribution in [0.15, 0.2) is 139 Å². The second-order valence-electron chi connectivity index (χ2n) is 10.6. The van der Waals surface area contributed by atoms with Crippen LogP contribution in [0.4, 0.5) is 38.9 Å². The normalized spacial score (nSPS) is 12.2. The number of benzene rings is 6. The van der Waals surface area contributed by atoms with E-state index in [0.717, 1.165) is 12.1 Å². The Hall–Kier alpha value is -6.27. The Morgan fingerprint density at radius 1 is 0.520 bits per heavy atom. The largest absolute Gasteiger partial charge is 0.505 e. The Morgan fingerprint density at radius 3 is 1.26 bits per heavy atom. The van der Waals surface area contributed by atoms with Gasteiger partial charge in [-0.05, 0) is 83.6 Å². The fourth-order valence-corrected chi connectivity index (χ4v) is 6.26. The van der Waals surface area contributed by atoms with Gasteiger partial charge in [-0.1, -0.05) is 36.4 Å². The molecule has 0 radical (unpaired) electrons. The second-order valence-corrected chi connectivity index (χ2v) is 13.4. The maximum atomic E-state index is 12.9. The van der Waals surface area contributed by atoms with Gasteiger partial charge in [0.15, 0.2) is 11.5 Å². The number of fused-ring (bicyclic) bond motifs is 2. The summed E-state index contributed by atoms with van der Waals surface area (Å²) in [6.07, 6.45) is 0. The lowest BCUT2D eigenvalue weighted by atomic mass is 10.1. The summed E-state index contributed by atoms with van der Waals surface area (Å²) in [6.45, 7) is 0. The van der Waals surface area contributed by atoms with E-state index in [2.05, 4.69) is 31.1 Å². The van der Waals surface area contributed by atoms with Crippen LogP contribution in [-0.4, -0.2) is 42.2 Å². The van der Waals surface area contributed by atoms with Crippen molar-refractivity contribution in [3.05, 3.63) is 109 Å². The number of aromatic hydroxyl groups is 2. The van der Waals surface area contributed by atoms with Crippen LogP contribution in [0.3, 0.4) is 0 Å². The quantitative estimate of drug-likeness (QED) is 0.0655. The number of amides is 2. The summed E-state index contributed by atoms with van der Waals surface area (Å²) in [5.74, 6) is -1.14. The van der Waals surface area contributed by atoms with Crippen molar-refractivity contribution in [2.75, 3.05) is 10.6 Å². The molecule has 6 aromatic carbocycles. The molecule has 0 fully saturated rings. The van der Waals surface area contributed by atoms with Crippen LogP contribution in [0.5, 0.6) is 11.5 Å². The van der Waals surface area contributed by atoms with Gasteiger partial charge >= 0.3 is 6.03 Å². The number of phenolic OH excluding ortho intramolecular Hbond substituents is 2. The van der Waals surface area contributed by atoms with Gasteiger partial charge in [-0.3, -0.25) is 9.11 Å². The number of hydrogen-bond acceptors (Lipinski definition) is 11. The molecule has 6 rings (SSSR count). The molecule has 6 N–H and O–H groups in total. The summed E-state index contributed by atoms with van der Waals surface area (Å²) in [7, 11) is -9.75. The molecule has 0 saturated carbocycles. The average molecular weight is 713 g/mol. The SMILES string of the molecule is O=C(Nc1ccc2c(O)c(N=Nc3ccccc3)c(S(=O)(=O)O)cc2c1)Nc1ccc2c(O)c(N=Nc3ccccc3)c(S(=O)(=O)O)cc2c1. The van der Waals surface area contributed by atoms with Crippen molar-refractivity contribution in [2.45, 2.75) is 9.79 Å². The number of phenols is 2. The molecule has 252 valence electrons. The molecule has 0 aliphatic rings. The van der Waals surface area contributed by atoms with E-state index in [9.17, 15) is 40.9 Å². The number of carbonyl (C=O) groups is 1. The van der Waals surface area contributed by atoms with Crippen LogP contribution in [-0.2, 0) is 20.2 Å². The molecule has 0 spiro atoms. The zero-order valence-electron chi connectivity index (χ0n) is 25.3. The molecule has 15 nitrogen and oxygen atoms in total. The molecule has 50 heavy (non-hydrogen) atoms. The third-order valence-electron chi connectivity index (χ3n) is 7.22. The number of anilines is 2. The van der Waals surface area contributed by atoms with Crippen molar-refractivity contribution in [2.24, 2.45) is 20.5 Å². The van der Waals surface area contributed by atoms with Crippen molar-refractivity contribution < 1.29 is 40.9 Å². The first-order valence-corrected chi connectivity index (χ1v) is 17.2. The molecule has 0 bridgehead atoms. The van der Waals surface area contributed by atoms with E-state index in [1.165, 1.54) is 36.4 Å². The minimum absolute atomic E-state index is 0.130. The summed E-state index contributed by atoms with van der Waals surface area (Å²) in [6, 6.07) is 26.4. The molecule has 6 aromatic rings. The number of hydrogen-bond donors (Lipinski definition) is 6. The lowest BCUT2D eigenvalue weighted by Crippen LogP contribution is -2.19. The molecule has 0 aliphatic carbocycles. The van der Waals surface area contributed by atoms with Gasteiger partial charge in [-0.15, -0.1) is 10.2 Å². The Balaban J connectivity index is 1.28. The van der Waals surface area contributed by atoms with Crippen molar-refractivity contribution >= 4 is 81.9 Å². The van der Waals surface area contributed by atoms with Crippen LogP contribution in [0.1, 0.15) is 0 Å². The molecular weight excluding hydrogens is 689 g/mol. The van der Waals surface area contributed by atoms with Crippen molar-refractivity contribution in [3.63, 3.8) is 0 Å². The van der Waals surface area contributed by atoms with Crippen molar-refractivity contribution in [1.29, 1.82) is 0 Å². The van der Waals surface area contributed by atoms with E-state index in [1.807, 2.05) is 0 Å². The minimum Gasteiger partial charge on any atom is -0.505 e. The van der Waals surface area contributed by atoms with E-state index in [0.29, 0.717) is 11.4 Å². The highest BCUT2D eigenvalue weighted by Crippen LogP contribution is 2.43. The highest BCUT2D eigenvalue weighted by atomic mass is 32.2. The van der Waals surface area contributed by atoms with Gasteiger partial charge < -0.3 is 20.8 Å². The molecule has 17 heteroatoms. The predicted octanol–water partition coefficient (Wildman–Crippen LogP) is 8.37. The number of urea groups is 1. The van der Waals surface area contributed by atoms with Crippen LogP contribution in [0, 0.1) is 0 Å². The van der Waals surface area contributed by atoms with Gasteiger partial charge in [0.25, 0.3) is 20.2 Å². The van der Waals surface area contributed by atoms with Gasteiger partial charge in [0, 0.05) is 22.1 Å². The monoisotopic (exact) mass is 712 g/mol. The predicted molar refractivity (Wildman–Crippen MR) is 185 cm³/mol. The number of carbonyl (C=O) groups excluding carboxylic acids is 1. The van der Waals surface area contributed by atoms with Gasteiger partial charge in [0.05, 0.1) is 11.4 Å². The molecule has 0 aromatic heterocycles. The third kappa shape index (κ3) is 7.25. The van der Waals surface area contributed by atoms with Crippen LogP contribution in [0.2, 0.25) is 0 Å². The maximum absolute atomic E-state index is 12.9. The van der Waals surface area contributed by atoms with Crippen molar-refractivity contribution in [1.82, 2.24) is 0 Å². The van der Waals surface area contributed by atoms with Gasteiger partial charge in [-0.2, -0.15) is 27.1 Å². The maximum Gasteiger partial charge on any atom is 0.323 e. The smallest absolute Gasteiger partial charge is 0.323 e. The summed E-state index contributed by atoms with van der Waals surface area (Å²) in [4.78, 5) is 11.5. The highest BCUT2D eigenvalue weighted by Gasteiger charge is 2.24. The van der Waals surface area contributed by atoms with Crippen LogP contribution < -0.4 is 10.6 Å². The summed E-state index contributed by atoms with van der Waals surface area (Å²) in [5.41, 5.74) is 0.109. The van der Waals surface area contributed by atoms with Crippen LogP contribution >= 0.6 is 0 Å². The van der Waals surface area contributed by atoms with Gasteiger partial charge in [0.1, 0.15) is 21.2 Å². The zero-order chi connectivity index (χ0) is 35.6. The van der Waals surface area contributed by atoms with E-state index >= 15 is 0 Å². The lowest BCUT2D eigenvalue weighted by Gasteiger charge is -2.13. The zero-order valence-corrected chi connectivity index (χ0v) is 27.0. The minimum atomic E-state index is -4.88. The average Bonchev–Trinajstić information content (AvgIpc) is 3.07. The summed E-state index contributed by atoms with van der Waals surface area (Å²) in [5, 5.41) is 43.1. The Labute approximate surface area is 283 Å². The number of nitrogens with zero attached hydrogens (tertiary/aromatic N) is 4. The molecule has 0 saturated heterocycles. The molecule has 2 amide bonds. The lowest BCUT2D eigenvalue weighted by molar-refractivity contribution is 0.262. The van der Waals surface area contributed by atoms with Gasteiger partial charge in [0.2, 0.25) is 0 Å². The Morgan fingerprint density at radius 2 is 0.900 bits per heavy atom. The summed E-state index contributed by atoms with van der Waals surface area (Å²) >= 11 is 0. The fourth-order valence-electron chi connectivity index (χ4n) is 4.94. The first-order valence-electron chi connectivity index (χ1n) is 14.3. The van der Waals surface area contributed by atoms with E-state index in [4.69, 9.17) is 0 Å². The first kappa shape index (κ1) is 33.6. The highest BCUT2D eigenvalue weighted by molar-refractivity contribution is 7.86. The fraction of sp³-hybridized carbons (Fsp3) is 0. The van der Waals surface area contributed by atoms with Crippen molar-refractivity contribution in [3.8, 4) is 11.5 Å². The van der Waals surface area contributed by atoms with E-state index < -0.39 is 58.9 Å². The standard InChI is InChI=1S/C33H24N6O9S2/c40-31-25-13-11-23(15-19(25)17-27(49(43,44)45)29(31)38-36-21-7-3-1-4-8-21)34-33(42)35-24-12-14-26-20(16-24)18-28(50(46,47)48)30(32(26)41)39-37-22-9-5-2-6-10-22/h1-18,40-41H,(H2,34,35,42)(H,43,44,45)(H,46,47,48). The molecule has 0 aliphatic heterocycles. The molecule has 0 heterocycles. The third-order valence-corrected chi connectivity index (χ3v) is 8.95. The molecular formula is C33H24N6O9S2. The Kier molecular flexibility index (Phi) is 8.96. The first-order chi connectivity index (χ1) is 23.8.